The Balaban J connectivity index is 2.40. The van der Waals surface area contributed by atoms with Gasteiger partial charge in [0.1, 0.15) is 28.6 Å². The van der Waals surface area contributed by atoms with Crippen LogP contribution in [0.15, 0.2) is 36.4 Å². The molecule has 4 nitrogen and oxygen atoms in total. The highest BCUT2D eigenvalue weighted by atomic mass is 16.5. The molecule has 0 saturated carbocycles. The van der Waals surface area contributed by atoms with Crippen LogP contribution in [0.1, 0.15) is 71.9 Å². The number of phenols is 3. The van der Waals surface area contributed by atoms with Crippen molar-refractivity contribution in [1.29, 1.82) is 0 Å². The molecule has 1 aliphatic rings. The molecule has 0 fully saturated rings. The Kier molecular flexibility index (Phi) is 5.99. The average molecular weight is 413 g/mol. The lowest BCUT2D eigenvalue weighted by Gasteiger charge is -2.57. The van der Waals surface area contributed by atoms with Crippen LogP contribution in [0, 0.1) is 17.8 Å². The molecule has 0 bridgehead atoms. The molecule has 0 aromatic heterocycles. The summed E-state index contributed by atoms with van der Waals surface area (Å²) >= 11 is 0. The summed E-state index contributed by atoms with van der Waals surface area (Å²) < 4.78 is 6.77. The van der Waals surface area contributed by atoms with Gasteiger partial charge in [-0.2, -0.15) is 0 Å². The molecule has 30 heavy (non-hydrogen) atoms. The molecule has 3 unspecified atom stereocenters. The van der Waals surface area contributed by atoms with E-state index in [-0.39, 0.29) is 34.5 Å². The van der Waals surface area contributed by atoms with E-state index in [0.29, 0.717) is 23.7 Å². The van der Waals surface area contributed by atoms with Crippen LogP contribution < -0.4 is 4.74 Å². The van der Waals surface area contributed by atoms with Gasteiger partial charge in [0.05, 0.1) is 0 Å². The molecule has 3 N–H and O–H groups in total. The first kappa shape index (κ1) is 22.3. The smallest absolute Gasteiger partial charge is 0.141 e. The third-order valence-corrected chi connectivity index (χ3v) is 6.92. The number of rotatable bonds is 6. The van der Waals surface area contributed by atoms with Crippen molar-refractivity contribution in [3.63, 3.8) is 0 Å². The SMILES string of the molecule is CCC1(CC(C)C)c2ccc(O)cc2OC(CC)(c2ccc(O)cc2O)C1C(C)C. The van der Waals surface area contributed by atoms with E-state index in [1.165, 1.54) is 6.07 Å². The predicted molar refractivity (Wildman–Crippen MR) is 120 cm³/mol. The fraction of sp³-hybridized carbons (Fsp3) is 0.538. The van der Waals surface area contributed by atoms with Gasteiger partial charge in [-0.15, -0.1) is 0 Å². The number of phenolic OH excluding ortho intramolecular Hbond substituents is 3. The summed E-state index contributed by atoms with van der Waals surface area (Å²) in [6.45, 7) is 13.3. The Morgan fingerprint density at radius 3 is 1.97 bits per heavy atom. The van der Waals surface area contributed by atoms with Crippen molar-refractivity contribution in [1.82, 2.24) is 0 Å². The third kappa shape index (κ3) is 3.40. The Morgan fingerprint density at radius 2 is 1.47 bits per heavy atom. The van der Waals surface area contributed by atoms with Crippen LogP contribution in [0.3, 0.4) is 0 Å². The quantitative estimate of drug-likeness (QED) is 0.509. The fourth-order valence-corrected chi connectivity index (χ4v) is 6.16. The zero-order chi connectivity index (χ0) is 22.3. The maximum absolute atomic E-state index is 10.9. The minimum Gasteiger partial charge on any atom is -0.508 e. The van der Waals surface area contributed by atoms with Gasteiger partial charge in [-0.3, -0.25) is 0 Å². The summed E-state index contributed by atoms with van der Waals surface area (Å²) in [5, 5.41) is 31.0. The summed E-state index contributed by atoms with van der Waals surface area (Å²) in [7, 11) is 0. The maximum Gasteiger partial charge on any atom is 0.141 e. The molecule has 0 saturated heterocycles. The molecular formula is C26H36O4. The summed E-state index contributed by atoms with van der Waals surface area (Å²) in [5.41, 5.74) is 0.872. The summed E-state index contributed by atoms with van der Waals surface area (Å²) in [6.07, 6.45) is 2.56. The Morgan fingerprint density at radius 1 is 0.867 bits per heavy atom. The number of fused-ring (bicyclic) bond motifs is 1. The van der Waals surface area contributed by atoms with Crippen LogP contribution in [0.5, 0.6) is 23.0 Å². The second-order valence-electron chi connectivity index (χ2n) is 9.56. The maximum atomic E-state index is 10.9. The van der Waals surface area contributed by atoms with Crippen LogP contribution in [0.2, 0.25) is 0 Å². The average Bonchev–Trinajstić information content (AvgIpc) is 2.66. The van der Waals surface area contributed by atoms with Crippen LogP contribution >= 0.6 is 0 Å². The summed E-state index contributed by atoms with van der Waals surface area (Å²) in [6, 6.07) is 10.3. The first-order chi connectivity index (χ1) is 14.1. The van der Waals surface area contributed by atoms with Gasteiger partial charge in [-0.25, -0.2) is 0 Å². The van der Waals surface area contributed by atoms with Gasteiger partial charge in [-0.05, 0) is 49.3 Å². The number of benzene rings is 2. The molecule has 0 radical (unpaired) electrons. The standard InChI is InChI=1S/C26H36O4/c1-7-25(15-16(3)4)21-12-10-19(28)14-23(21)30-26(8-2,24(25)17(5)6)20-11-9-18(27)13-22(20)29/h9-14,16-17,24,27-29H,7-8,15H2,1-6H3. The molecule has 2 aromatic carbocycles. The zero-order valence-corrected chi connectivity index (χ0v) is 19.1. The second-order valence-corrected chi connectivity index (χ2v) is 9.56. The van der Waals surface area contributed by atoms with Gasteiger partial charge in [0, 0.05) is 34.6 Å². The van der Waals surface area contributed by atoms with Gasteiger partial charge in [-0.1, -0.05) is 47.6 Å². The highest BCUT2D eigenvalue weighted by Crippen LogP contribution is 2.61. The molecule has 1 aliphatic heterocycles. The molecule has 0 aliphatic carbocycles. The normalized spacial score (nSPS) is 25.9. The number of aromatic hydroxyl groups is 3. The van der Waals surface area contributed by atoms with Crippen molar-refractivity contribution < 1.29 is 20.1 Å². The largest absolute Gasteiger partial charge is 0.508 e. The van der Waals surface area contributed by atoms with Gasteiger partial charge in [0.2, 0.25) is 0 Å². The molecule has 164 valence electrons. The van der Waals surface area contributed by atoms with Crippen molar-refractivity contribution in [3.8, 4) is 23.0 Å². The molecule has 3 atom stereocenters. The molecule has 1 heterocycles. The number of ether oxygens (including phenoxy) is 1. The monoisotopic (exact) mass is 412 g/mol. The van der Waals surface area contributed by atoms with Gasteiger partial charge >= 0.3 is 0 Å². The van der Waals surface area contributed by atoms with E-state index in [9.17, 15) is 15.3 Å². The molecule has 4 heteroatoms. The van der Waals surface area contributed by atoms with Crippen molar-refractivity contribution in [3.05, 3.63) is 47.5 Å². The number of hydrogen-bond acceptors (Lipinski definition) is 4. The lowest BCUT2D eigenvalue weighted by molar-refractivity contribution is -0.0903. The van der Waals surface area contributed by atoms with Gasteiger partial charge in [0.15, 0.2) is 0 Å². The Labute approximate surface area is 180 Å². The minimum absolute atomic E-state index is 0.0291. The highest BCUT2D eigenvalue weighted by molar-refractivity contribution is 5.52. The molecule has 2 aromatic rings. The highest BCUT2D eigenvalue weighted by Gasteiger charge is 2.58. The molecular weight excluding hydrogens is 376 g/mol. The summed E-state index contributed by atoms with van der Waals surface area (Å²) in [4.78, 5) is 0. The molecule has 3 rings (SSSR count). The summed E-state index contributed by atoms with van der Waals surface area (Å²) in [5.74, 6) is 1.76. The van der Waals surface area contributed by atoms with E-state index in [0.717, 1.165) is 18.4 Å². The van der Waals surface area contributed by atoms with E-state index in [2.05, 4.69) is 41.5 Å². The van der Waals surface area contributed by atoms with E-state index >= 15 is 0 Å². The minimum atomic E-state index is -0.780. The first-order valence-corrected chi connectivity index (χ1v) is 11.2. The van der Waals surface area contributed by atoms with Gasteiger partial charge in [0.25, 0.3) is 0 Å². The third-order valence-electron chi connectivity index (χ3n) is 6.92. The second kappa shape index (κ2) is 8.05. The van der Waals surface area contributed by atoms with Crippen LogP contribution in [-0.2, 0) is 11.0 Å². The van der Waals surface area contributed by atoms with Gasteiger partial charge < -0.3 is 20.1 Å². The van der Waals surface area contributed by atoms with Crippen LogP contribution in [0.4, 0.5) is 0 Å². The fourth-order valence-electron chi connectivity index (χ4n) is 6.16. The molecule has 0 amide bonds. The lowest BCUT2D eigenvalue weighted by atomic mass is 9.52. The Hall–Kier alpha value is -2.36. The topological polar surface area (TPSA) is 69.9 Å². The first-order valence-electron chi connectivity index (χ1n) is 11.2. The van der Waals surface area contributed by atoms with Crippen molar-refractivity contribution in [2.75, 3.05) is 0 Å². The zero-order valence-electron chi connectivity index (χ0n) is 19.1. The van der Waals surface area contributed by atoms with Crippen molar-refractivity contribution in [2.45, 2.75) is 71.8 Å². The lowest BCUT2D eigenvalue weighted by Crippen LogP contribution is -2.57. The van der Waals surface area contributed by atoms with E-state index in [1.807, 2.05) is 6.07 Å². The van der Waals surface area contributed by atoms with Crippen LogP contribution in [-0.4, -0.2) is 15.3 Å². The van der Waals surface area contributed by atoms with E-state index in [4.69, 9.17) is 4.74 Å². The predicted octanol–water partition coefficient (Wildman–Crippen LogP) is 6.47. The van der Waals surface area contributed by atoms with Crippen molar-refractivity contribution in [2.24, 2.45) is 17.8 Å². The molecule has 0 spiro atoms. The van der Waals surface area contributed by atoms with E-state index in [1.54, 1.807) is 24.3 Å². The van der Waals surface area contributed by atoms with E-state index < -0.39 is 5.60 Å². The number of hydrogen-bond donors (Lipinski definition) is 3. The Bertz CT molecular complexity index is 904. The van der Waals surface area contributed by atoms with Crippen LogP contribution in [0.25, 0.3) is 0 Å². The van der Waals surface area contributed by atoms with Crippen molar-refractivity contribution >= 4 is 0 Å².